The summed E-state index contributed by atoms with van der Waals surface area (Å²) in [7, 11) is 0. The summed E-state index contributed by atoms with van der Waals surface area (Å²) in [6.07, 6.45) is 9.32. The smallest absolute Gasteiger partial charge is 0.292 e. The number of aromatic amines is 1. The van der Waals surface area contributed by atoms with Crippen molar-refractivity contribution in [2.24, 2.45) is 0 Å². The molecular formula is C28H28BrN7O. The van der Waals surface area contributed by atoms with Gasteiger partial charge >= 0.3 is 5.69 Å². The molecular weight excluding hydrogens is 530 g/mol. The molecule has 8 nitrogen and oxygen atoms in total. The van der Waals surface area contributed by atoms with Crippen molar-refractivity contribution < 1.29 is 0 Å². The zero-order valence-corrected chi connectivity index (χ0v) is 22.4. The monoisotopic (exact) mass is 557 g/mol. The van der Waals surface area contributed by atoms with Crippen molar-refractivity contribution in [3.8, 4) is 28.2 Å². The summed E-state index contributed by atoms with van der Waals surface area (Å²) in [5.41, 5.74) is 6.97. The van der Waals surface area contributed by atoms with Crippen LogP contribution in [0.25, 0.3) is 28.2 Å². The highest BCUT2D eigenvalue weighted by atomic mass is 79.9. The molecule has 0 atom stereocenters. The van der Waals surface area contributed by atoms with E-state index in [2.05, 4.69) is 85.7 Å². The highest BCUT2D eigenvalue weighted by Crippen LogP contribution is 2.29. The van der Waals surface area contributed by atoms with E-state index in [4.69, 9.17) is 0 Å². The summed E-state index contributed by atoms with van der Waals surface area (Å²) in [5, 5.41) is 14.2. The lowest BCUT2D eigenvalue weighted by molar-refractivity contribution is 0.673. The quantitative estimate of drug-likeness (QED) is 0.254. The Bertz CT molecular complexity index is 1550. The van der Waals surface area contributed by atoms with Gasteiger partial charge in [-0.15, -0.1) is 5.10 Å². The van der Waals surface area contributed by atoms with Gasteiger partial charge in [-0.05, 0) is 80.0 Å². The maximum Gasteiger partial charge on any atom is 0.333 e. The van der Waals surface area contributed by atoms with Crippen LogP contribution in [0.4, 0.5) is 0 Å². The molecule has 0 amide bonds. The van der Waals surface area contributed by atoms with Crippen LogP contribution in [0.2, 0.25) is 0 Å². The predicted molar refractivity (Wildman–Crippen MR) is 148 cm³/mol. The molecule has 0 radical (unpaired) electrons. The Morgan fingerprint density at radius 1 is 1.03 bits per heavy atom. The minimum atomic E-state index is -0.0222. The van der Waals surface area contributed by atoms with Crippen LogP contribution in [0.1, 0.15) is 43.5 Å². The Kier molecular flexibility index (Phi) is 7.41. The molecule has 0 unspecified atom stereocenters. The molecule has 9 heteroatoms. The molecule has 0 fully saturated rings. The number of aryl methyl sites for hydroxylation is 2. The lowest BCUT2D eigenvalue weighted by Crippen LogP contribution is -2.25. The van der Waals surface area contributed by atoms with Gasteiger partial charge < -0.3 is 0 Å². The fraction of sp³-hybridized carbons (Fsp3) is 0.250. The number of rotatable bonds is 9. The van der Waals surface area contributed by atoms with Crippen molar-refractivity contribution in [1.82, 2.24) is 34.7 Å². The molecule has 5 aromatic rings. The number of unbranched alkanes of at least 4 members (excludes halogenated alkanes) is 1. The van der Waals surface area contributed by atoms with E-state index in [1.165, 1.54) is 0 Å². The minimum Gasteiger partial charge on any atom is -0.292 e. The normalized spacial score (nSPS) is 11.2. The summed E-state index contributed by atoms with van der Waals surface area (Å²) in [5.74, 6) is 0.569. The second-order valence-electron chi connectivity index (χ2n) is 8.93. The SMILES string of the molecule is CCCCc1cn(-c2c(Br)cccc2CC)c(=O)n1Cc1ccc(-c2ccncc2-c2nnn[nH]2)cc1. The van der Waals surface area contributed by atoms with Crippen LogP contribution in [-0.2, 0) is 19.4 Å². The third-order valence-corrected chi connectivity index (χ3v) is 7.21. The average molecular weight is 558 g/mol. The molecule has 0 aliphatic carbocycles. The first-order valence-corrected chi connectivity index (χ1v) is 13.3. The molecule has 0 spiro atoms. The summed E-state index contributed by atoms with van der Waals surface area (Å²) >= 11 is 3.67. The van der Waals surface area contributed by atoms with E-state index in [-0.39, 0.29) is 5.69 Å². The molecule has 0 aliphatic rings. The van der Waals surface area contributed by atoms with Crippen molar-refractivity contribution in [3.05, 3.63) is 98.9 Å². The fourth-order valence-corrected chi connectivity index (χ4v) is 5.21. The second-order valence-corrected chi connectivity index (χ2v) is 9.79. The second kappa shape index (κ2) is 11.0. The van der Waals surface area contributed by atoms with E-state index in [1.54, 1.807) is 17.0 Å². The van der Waals surface area contributed by atoms with E-state index in [9.17, 15) is 4.79 Å². The number of imidazole rings is 1. The van der Waals surface area contributed by atoms with Crippen molar-refractivity contribution in [2.75, 3.05) is 0 Å². The summed E-state index contributed by atoms with van der Waals surface area (Å²) < 4.78 is 4.63. The number of aromatic nitrogens is 7. The van der Waals surface area contributed by atoms with Gasteiger partial charge in [0.05, 0.1) is 12.2 Å². The van der Waals surface area contributed by atoms with Gasteiger partial charge in [-0.1, -0.05) is 56.7 Å². The predicted octanol–water partition coefficient (Wildman–Crippen LogP) is 5.60. The van der Waals surface area contributed by atoms with Gasteiger partial charge in [-0.2, -0.15) is 0 Å². The number of hydrogen-bond donors (Lipinski definition) is 1. The van der Waals surface area contributed by atoms with Gasteiger partial charge in [-0.3, -0.25) is 14.1 Å². The molecule has 0 aliphatic heterocycles. The number of hydrogen-bond acceptors (Lipinski definition) is 5. The van der Waals surface area contributed by atoms with Crippen molar-refractivity contribution in [1.29, 1.82) is 0 Å². The third kappa shape index (κ3) is 5.04. The van der Waals surface area contributed by atoms with Crippen LogP contribution >= 0.6 is 15.9 Å². The van der Waals surface area contributed by atoms with E-state index in [0.29, 0.717) is 12.4 Å². The van der Waals surface area contributed by atoms with E-state index < -0.39 is 0 Å². The first kappa shape index (κ1) is 24.8. The van der Waals surface area contributed by atoms with E-state index in [1.807, 2.05) is 29.0 Å². The number of nitrogens with zero attached hydrogens (tertiary/aromatic N) is 6. The molecule has 0 saturated carbocycles. The number of para-hydroxylation sites is 1. The number of H-pyrrole nitrogens is 1. The Labute approximate surface area is 223 Å². The van der Waals surface area contributed by atoms with Crippen LogP contribution in [0.15, 0.2) is 76.4 Å². The molecule has 37 heavy (non-hydrogen) atoms. The summed E-state index contributed by atoms with van der Waals surface area (Å²) in [4.78, 5) is 17.9. The van der Waals surface area contributed by atoms with Crippen molar-refractivity contribution >= 4 is 15.9 Å². The molecule has 0 bridgehead atoms. The van der Waals surface area contributed by atoms with E-state index >= 15 is 0 Å². The van der Waals surface area contributed by atoms with Gasteiger partial charge in [0.1, 0.15) is 0 Å². The first-order chi connectivity index (χ1) is 18.1. The fourth-order valence-electron chi connectivity index (χ4n) is 4.61. The van der Waals surface area contributed by atoms with Crippen LogP contribution < -0.4 is 5.69 Å². The van der Waals surface area contributed by atoms with Crippen LogP contribution in [0.3, 0.4) is 0 Å². The Morgan fingerprint density at radius 2 is 1.86 bits per heavy atom. The van der Waals surface area contributed by atoms with Gasteiger partial charge in [0.2, 0.25) is 0 Å². The lowest BCUT2D eigenvalue weighted by Gasteiger charge is -2.11. The molecule has 188 valence electrons. The van der Waals surface area contributed by atoms with Gasteiger partial charge in [0.15, 0.2) is 5.82 Å². The maximum absolute atomic E-state index is 13.7. The highest BCUT2D eigenvalue weighted by molar-refractivity contribution is 9.10. The van der Waals surface area contributed by atoms with Crippen molar-refractivity contribution in [3.63, 3.8) is 0 Å². The Balaban J connectivity index is 1.50. The zero-order chi connectivity index (χ0) is 25.8. The van der Waals surface area contributed by atoms with Gasteiger partial charge in [-0.25, -0.2) is 9.89 Å². The molecule has 5 rings (SSSR count). The lowest BCUT2D eigenvalue weighted by atomic mass is 10.00. The molecule has 3 heterocycles. The first-order valence-electron chi connectivity index (χ1n) is 12.5. The van der Waals surface area contributed by atoms with Gasteiger partial charge in [0.25, 0.3) is 0 Å². The zero-order valence-electron chi connectivity index (χ0n) is 20.9. The average Bonchev–Trinajstić information content (AvgIpc) is 3.57. The Morgan fingerprint density at radius 3 is 2.59 bits per heavy atom. The maximum atomic E-state index is 13.7. The molecule has 3 aromatic heterocycles. The summed E-state index contributed by atoms with van der Waals surface area (Å²) in [6, 6.07) is 16.3. The number of benzene rings is 2. The summed E-state index contributed by atoms with van der Waals surface area (Å²) in [6.45, 7) is 4.79. The van der Waals surface area contributed by atoms with Gasteiger partial charge in [0, 0.05) is 34.3 Å². The molecule has 0 saturated heterocycles. The topological polar surface area (TPSA) is 94.3 Å². The number of nitrogens with one attached hydrogen (secondary N) is 1. The molecule has 1 N–H and O–H groups in total. The Hall–Kier alpha value is -3.85. The standard InChI is InChI=1S/C28H28BrN7O/c1-3-5-8-22-18-36(26-20(4-2)7-6-9-25(26)29)28(37)35(22)17-19-10-12-21(13-11-19)23-14-15-30-16-24(23)27-31-33-34-32-27/h6-7,9-16,18H,3-5,8,17H2,1-2H3,(H,31,32,33,34). The largest absolute Gasteiger partial charge is 0.333 e. The minimum absolute atomic E-state index is 0.0222. The van der Waals surface area contributed by atoms with Crippen molar-refractivity contribution in [2.45, 2.75) is 46.1 Å². The number of halogens is 1. The third-order valence-electron chi connectivity index (χ3n) is 6.57. The number of pyridine rings is 1. The van der Waals surface area contributed by atoms with Crippen LogP contribution in [0.5, 0.6) is 0 Å². The highest BCUT2D eigenvalue weighted by Gasteiger charge is 2.17. The van der Waals surface area contributed by atoms with Crippen LogP contribution in [-0.4, -0.2) is 34.7 Å². The van der Waals surface area contributed by atoms with E-state index in [0.717, 1.165) is 69.4 Å². The molecule has 2 aromatic carbocycles. The number of tetrazole rings is 1. The van der Waals surface area contributed by atoms with Crippen LogP contribution in [0, 0.1) is 0 Å².